The van der Waals surface area contributed by atoms with E-state index in [0.717, 1.165) is 18.8 Å². The van der Waals surface area contributed by atoms with Gasteiger partial charge in [0, 0.05) is 24.5 Å². The molecule has 1 saturated carbocycles. The van der Waals surface area contributed by atoms with E-state index >= 15 is 0 Å². The summed E-state index contributed by atoms with van der Waals surface area (Å²) in [6, 6.07) is 0.591. The Morgan fingerprint density at radius 2 is 2.46 bits per heavy atom. The SMILES string of the molecule is C1=NC=C2CC3C=NNC3CC2C1. The Morgan fingerprint density at radius 3 is 3.46 bits per heavy atom. The van der Waals surface area contributed by atoms with Gasteiger partial charge in [-0.15, -0.1) is 0 Å². The molecular formula is C10H13N3. The van der Waals surface area contributed by atoms with E-state index in [0.29, 0.717) is 12.0 Å². The highest BCUT2D eigenvalue weighted by molar-refractivity contribution is 5.66. The van der Waals surface area contributed by atoms with Crippen LogP contribution in [0.4, 0.5) is 0 Å². The summed E-state index contributed by atoms with van der Waals surface area (Å²) < 4.78 is 0. The highest BCUT2D eigenvalue weighted by Gasteiger charge is 2.35. The zero-order valence-electron chi connectivity index (χ0n) is 7.48. The van der Waals surface area contributed by atoms with Gasteiger partial charge in [-0.2, -0.15) is 5.10 Å². The van der Waals surface area contributed by atoms with Crippen LogP contribution in [0.25, 0.3) is 0 Å². The van der Waals surface area contributed by atoms with Crippen LogP contribution in [0, 0.1) is 11.8 Å². The lowest BCUT2D eigenvalue weighted by atomic mass is 9.74. The molecule has 3 rings (SSSR count). The number of rotatable bonds is 0. The van der Waals surface area contributed by atoms with E-state index in [4.69, 9.17) is 0 Å². The van der Waals surface area contributed by atoms with E-state index in [1.807, 2.05) is 6.21 Å². The van der Waals surface area contributed by atoms with Gasteiger partial charge in [0.05, 0.1) is 6.04 Å². The molecule has 3 unspecified atom stereocenters. The minimum Gasteiger partial charge on any atom is -0.307 e. The molecule has 0 bridgehead atoms. The predicted molar refractivity (Wildman–Crippen MR) is 52.8 cm³/mol. The first-order valence-corrected chi connectivity index (χ1v) is 4.93. The highest BCUT2D eigenvalue weighted by Crippen LogP contribution is 2.37. The van der Waals surface area contributed by atoms with Crippen molar-refractivity contribution >= 4 is 12.4 Å². The van der Waals surface area contributed by atoms with Crippen molar-refractivity contribution in [2.45, 2.75) is 25.3 Å². The molecule has 68 valence electrons. The molecule has 0 aromatic carbocycles. The van der Waals surface area contributed by atoms with Gasteiger partial charge in [-0.1, -0.05) is 0 Å². The Balaban J connectivity index is 1.86. The molecule has 1 N–H and O–H groups in total. The Bertz CT molecular complexity index is 303. The van der Waals surface area contributed by atoms with Crippen LogP contribution in [0.1, 0.15) is 19.3 Å². The maximum Gasteiger partial charge on any atom is 0.0527 e. The standard InChI is InChI=1S/C10H13N3/c1-2-11-5-8-3-9-6-12-13-10(9)4-7(1)8/h2,5-7,9-10,13H,1,3-4H2. The van der Waals surface area contributed by atoms with E-state index in [2.05, 4.69) is 27.9 Å². The molecule has 1 fully saturated rings. The Kier molecular flexibility index (Phi) is 1.51. The fraction of sp³-hybridized carbons (Fsp3) is 0.600. The lowest BCUT2D eigenvalue weighted by Crippen LogP contribution is -2.36. The molecule has 1 aliphatic carbocycles. The molecule has 3 heteroatoms. The van der Waals surface area contributed by atoms with Crippen LogP contribution in [0.2, 0.25) is 0 Å². The van der Waals surface area contributed by atoms with E-state index in [1.54, 1.807) is 0 Å². The largest absolute Gasteiger partial charge is 0.307 e. The monoisotopic (exact) mass is 175 g/mol. The summed E-state index contributed by atoms with van der Waals surface area (Å²) in [5.41, 5.74) is 4.72. The summed E-state index contributed by atoms with van der Waals surface area (Å²) in [5.74, 6) is 1.35. The van der Waals surface area contributed by atoms with Crippen molar-refractivity contribution in [3.63, 3.8) is 0 Å². The summed E-state index contributed by atoms with van der Waals surface area (Å²) in [7, 11) is 0. The van der Waals surface area contributed by atoms with Crippen molar-refractivity contribution in [2.24, 2.45) is 21.9 Å². The number of hydrogen-bond donors (Lipinski definition) is 1. The fourth-order valence-electron chi connectivity index (χ4n) is 2.50. The van der Waals surface area contributed by atoms with Crippen molar-refractivity contribution in [3.8, 4) is 0 Å². The lowest BCUT2D eigenvalue weighted by molar-refractivity contribution is 0.338. The summed E-state index contributed by atoms with van der Waals surface area (Å²) in [4.78, 5) is 4.22. The first-order chi connectivity index (χ1) is 6.43. The van der Waals surface area contributed by atoms with Crippen LogP contribution in [0.15, 0.2) is 21.9 Å². The van der Waals surface area contributed by atoms with E-state index in [-0.39, 0.29) is 0 Å². The van der Waals surface area contributed by atoms with E-state index < -0.39 is 0 Å². The molecule has 13 heavy (non-hydrogen) atoms. The Labute approximate surface area is 77.6 Å². The average molecular weight is 175 g/mol. The van der Waals surface area contributed by atoms with Gasteiger partial charge in [-0.3, -0.25) is 4.99 Å². The zero-order chi connectivity index (χ0) is 8.67. The fourth-order valence-corrected chi connectivity index (χ4v) is 2.50. The third-order valence-electron chi connectivity index (χ3n) is 3.29. The van der Waals surface area contributed by atoms with Gasteiger partial charge in [-0.25, -0.2) is 0 Å². The average Bonchev–Trinajstić information content (AvgIpc) is 2.61. The summed E-state index contributed by atoms with van der Waals surface area (Å²) in [6.07, 6.45) is 9.64. The summed E-state index contributed by atoms with van der Waals surface area (Å²) in [5, 5.41) is 4.14. The Hall–Kier alpha value is -1.12. The second-order valence-corrected chi connectivity index (χ2v) is 4.09. The van der Waals surface area contributed by atoms with Gasteiger partial charge in [0.15, 0.2) is 0 Å². The first kappa shape index (κ1) is 7.30. The van der Waals surface area contributed by atoms with Crippen molar-refractivity contribution < 1.29 is 0 Å². The number of nitrogens with zero attached hydrogens (tertiary/aromatic N) is 2. The van der Waals surface area contributed by atoms with Crippen LogP contribution in [0.3, 0.4) is 0 Å². The molecule has 2 heterocycles. The topological polar surface area (TPSA) is 36.8 Å². The maximum atomic E-state index is 4.22. The van der Waals surface area contributed by atoms with Crippen LogP contribution in [0.5, 0.6) is 0 Å². The zero-order valence-corrected chi connectivity index (χ0v) is 7.48. The van der Waals surface area contributed by atoms with Gasteiger partial charge in [-0.05, 0) is 30.8 Å². The quantitative estimate of drug-likeness (QED) is 0.592. The third kappa shape index (κ3) is 1.10. The molecule has 0 aromatic heterocycles. The van der Waals surface area contributed by atoms with Crippen molar-refractivity contribution in [1.82, 2.24) is 5.43 Å². The number of hydrazone groups is 1. The van der Waals surface area contributed by atoms with Crippen molar-refractivity contribution in [3.05, 3.63) is 11.8 Å². The normalized spacial score (nSPS) is 40.6. The van der Waals surface area contributed by atoms with E-state index in [9.17, 15) is 0 Å². The summed E-state index contributed by atoms with van der Waals surface area (Å²) >= 11 is 0. The van der Waals surface area contributed by atoms with Gasteiger partial charge < -0.3 is 5.43 Å². The Morgan fingerprint density at radius 1 is 1.46 bits per heavy atom. The maximum absolute atomic E-state index is 4.22. The van der Waals surface area contributed by atoms with Crippen molar-refractivity contribution in [1.29, 1.82) is 0 Å². The number of nitrogens with one attached hydrogen (secondary N) is 1. The van der Waals surface area contributed by atoms with Crippen LogP contribution >= 0.6 is 0 Å². The molecule has 0 saturated heterocycles. The van der Waals surface area contributed by atoms with Crippen LogP contribution < -0.4 is 5.43 Å². The third-order valence-corrected chi connectivity index (χ3v) is 3.29. The number of aliphatic imine (C=N–C) groups is 1. The minimum absolute atomic E-state index is 0.591. The minimum atomic E-state index is 0.591. The molecular weight excluding hydrogens is 162 g/mol. The molecule has 2 aliphatic heterocycles. The molecule has 3 aliphatic rings. The molecule has 0 radical (unpaired) electrons. The molecule has 3 atom stereocenters. The van der Waals surface area contributed by atoms with Gasteiger partial charge in [0.1, 0.15) is 0 Å². The molecule has 0 amide bonds. The van der Waals surface area contributed by atoms with Gasteiger partial charge >= 0.3 is 0 Å². The number of hydrogen-bond acceptors (Lipinski definition) is 3. The second-order valence-electron chi connectivity index (χ2n) is 4.09. The van der Waals surface area contributed by atoms with Gasteiger partial charge in [0.2, 0.25) is 0 Å². The van der Waals surface area contributed by atoms with Crippen LogP contribution in [-0.4, -0.2) is 18.5 Å². The smallest absolute Gasteiger partial charge is 0.0527 e. The number of fused-ring (bicyclic) bond motifs is 2. The summed E-state index contributed by atoms with van der Waals surface area (Å²) in [6.45, 7) is 0. The van der Waals surface area contributed by atoms with Crippen molar-refractivity contribution in [2.75, 3.05) is 0 Å². The van der Waals surface area contributed by atoms with Gasteiger partial charge in [0.25, 0.3) is 0 Å². The lowest BCUT2D eigenvalue weighted by Gasteiger charge is -2.33. The number of allylic oxidation sites excluding steroid dienone is 1. The highest BCUT2D eigenvalue weighted by atomic mass is 15.3. The molecule has 0 aromatic rings. The van der Waals surface area contributed by atoms with Crippen LogP contribution in [-0.2, 0) is 0 Å². The van der Waals surface area contributed by atoms with E-state index in [1.165, 1.54) is 12.0 Å². The predicted octanol–water partition coefficient (Wildman–Crippen LogP) is 1.33. The molecule has 0 spiro atoms. The first-order valence-electron chi connectivity index (χ1n) is 4.93. The second kappa shape index (κ2) is 2.69. The molecule has 3 nitrogen and oxygen atoms in total.